The summed E-state index contributed by atoms with van der Waals surface area (Å²) in [6.07, 6.45) is 3.42. The van der Waals surface area contributed by atoms with E-state index >= 15 is 0 Å². The molecule has 160 valence electrons. The summed E-state index contributed by atoms with van der Waals surface area (Å²) in [4.78, 5) is 14.4. The predicted octanol–water partition coefficient (Wildman–Crippen LogP) is 4.54. The fourth-order valence-corrected chi connectivity index (χ4v) is 3.98. The van der Waals surface area contributed by atoms with Crippen LogP contribution in [0.2, 0.25) is 0 Å². The van der Waals surface area contributed by atoms with E-state index in [4.69, 9.17) is 4.74 Å². The number of nitrogens with zero attached hydrogens (tertiary/aromatic N) is 4. The lowest BCUT2D eigenvalue weighted by atomic mass is 10.1. The third kappa shape index (κ3) is 5.24. The van der Waals surface area contributed by atoms with Crippen LogP contribution in [0.3, 0.4) is 0 Å². The molecular formula is C24H26N4O2S. The molecule has 6 nitrogen and oxygen atoms in total. The van der Waals surface area contributed by atoms with Gasteiger partial charge in [0.15, 0.2) is 11.0 Å². The summed E-state index contributed by atoms with van der Waals surface area (Å²) >= 11 is 1.37. The number of carbonyl (C=O) groups is 1. The highest BCUT2D eigenvalue weighted by Crippen LogP contribution is 2.30. The summed E-state index contributed by atoms with van der Waals surface area (Å²) in [7, 11) is 1.64. The van der Waals surface area contributed by atoms with E-state index in [2.05, 4.69) is 23.4 Å². The normalized spacial score (nSPS) is 10.5. The highest BCUT2D eigenvalue weighted by molar-refractivity contribution is 7.99. The monoisotopic (exact) mass is 434 g/mol. The molecule has 31 heavy (non-hydrogen) atoms. The number of hydrogen-bond acceptors (Lipinski definition) is 5. The van der Waals surface area contributed by atoms with Crippen LogP contribution in [0.25, 0.3) is 17.1 Å². The van der Waals surface area contributed by atoms with E-state index in [1.165, 1.54) is 11.8 Å². The van der Waals surface area contributed by atoms with E-state index < -0.39 is 0 Å². The van der Waals surface area contributed by atoms with Crippen molar-refractivity contribution < 1.29 is 9.53 Å². The Kier molecular flexibility index (Phi) is 7.67. The standard InChI is InChI=1S/C24H26N4O2S/c1-5-15-27(16-6-2)22(29)17-31-24-26-25-23(19-11-13-20(30-4)14-12-19)28(24)21-10-8-7-9-18(21)3/h5-14H,1-2,15-17H2,3-4H3. The first-order valence-corrected chi connectivity index (χ1v) is 10.9. The third-order valence-corrected chi connectivity index (χ3v) is 5.63. The number of rotatable bonds is 10. The maximum absolute atomic E-state index is 12.7. The number of aromatic nitrogens is 3. The van der Waals surface area contributed by atoms with Crippen molar-refractivity contribution in [3.05, 3.63) is 79.4 Å². The van der Waals surface area contributed by atoms with Crippen LogP contribution in [0.5, 0.6) is 5.75 Å². The van der Waals surface area contributed by atoms with E-state index in [9.17, 15) is 4.79 Å². The van der Waals surface area contributed by atoms with Crippen molar-refractivity contribution in [2.75, 3.05) is 26.0 Å². The zero-order valence-electron chi connectivity index (χ0n) is 17.8. The van der Waals surface area contributed by atoms with Gasteiger partial charge in [-0.15, -0.1) is 23.4 Å². The molecule has 3 aromatic rings. The Morgan fingerprint density at radius 1 is 1.10 bits per heavy atom. The number of methoxy groups -OCH3 is 1. The van der Waals surface area contributed by atoms with Gasteiger partial charge < -0.3 is 9.64 Å². The molecule has 0 atom stereocenters. The van der Waals surface area contributed by atoms with E-state index in [0.29, 0.717) is 24.1 Å². The molecule has 0 fully saturated rings. The Hall–Kier alpha value is -3.32. The number of ether oxygens (including phenoxy) is 1. The Morgan fingerprint density at radius 2 is 1.77 bits per heavy atom. The summed E-state index contributed by atoms with van der Waals surface area (Å²) in [6.45, 7) is 10.5. The van der Waals surface area contributed by atoms with Crippen LogP contribution < -0.4 is 4.74 Å². The zero-order chi connectivity index (χ0) is 22.2. The highest BCUT2D eigenvalue weighted by atomic mass is 32.2. The molecule has 0 aliphatic rings. The van der Waals surface area contributed by atoms with Crippen LogP contribution in [0.1, 0.15) is 5.56 Å². The number of para-hydroxylation sites is 1. The first kappa shape index (κ1) is 22.4. The molecule has 7 heteroatoms. The molecule has 0 unspecified atom stereocenters. The molecule has 0 aliphatic heterocycles. The molecule has 0 N–H and O–H groups in total. The smallest absolute Gasteiger partial charge is 0.233 e. The van der Waals surface area contributed by atoms with Gasteiger partial charge >= 0.3 is 0 Å². The van der Waals surface area contributed by atoms with Gasteiger partial charge in [-0.05, 0) is 42.8 Å². The van der Waals surface area contributed by atoms with Gasteiger partial charge in [-0.2, -0.15) is 0 Å². The van der Waals surface area contributed by atoms with Gasteiger partial charge in [-0.1, -0.05) is 42.1 Å². The number of thioether (sulfide) groups is 1. The minimum atomic E-state index is -0.00451. The lowest BCUT2D eigenvalue weighted by molar-refractivity contribution is -0.127. The second kappa shape index (κ2) is 10.6. The summed E-state index contributed by atoms with van der Waals surface area (Å²) in [5.74, 6) is 1.72. The number of aryl methyl sites for hydroxylation is 1. The average molecular weight is 435 g/mol. The maximum Gasteiger partial charge on any atom is 0.233 e. The minimum Gasteiger partial charge on any atom is -0.497 e. The largest absolute Gasteiger partial charge is 0.497 e. The molecule has 1 aromatic heterocycles. The molecule has 3 rings (SSSR count). The molecule has 1 heterocycles. The van der Waals surface area contributed by atoms with E-state index in [1.807, 2.05) is 60.0 Å². The molecular weight excluding hydrogens is 408 g/mol. The first-order chi connectivity index (χ1) is 15.1. The molecule has 0 spiro atoms. The van der Waals surface area contributed by atoms with E-state index in [1.54, 1.807) is 24.2 Å². The summed E-state index contributed by atoms with van der Waals surface area (Å²) in [5.41, 5.74) is 2.97. The van der Waals surface area contributed by atoms with Crippen molar-refractivity contribution >= 4 is 17.7 Å². The predicted molar refractivity (Wildman–Crippen MR) is 126 cm³/mol. The van der Waals surface area contributed by atoms with Gasteiger partial charge in [-0.25, -0.2) is 0 Å². The second-order valence-electron chi connectivity index (χ2n) is 6.82. The Balaban J connectivity index is 1.96. The van der Waals surface area contributed by atoms with Crippen LogP contribution in [0.4, 0.5) is 0 Å². The zero-order valence-corrected chi connectivity index (χ0v) is 18.6. The van der Waals surface area contributed by atoms with Gasteiger partial charge in [0.05, 0.1) is 18.6 Å². The minimum absolute atomic E-state index is 0.00451. The molecule has 0 aliphatic carbocycles. The molecule has 0 radical (unpaired) electrons. The van der Waals surface area contributed by atoms with Crippen LogP contribution in [-0.2, 0) is 4.79 Å². The van der Waals surface area contributed by atoms with Crippen LogP contribution in [-0.4, -0.2) is 51.5 Å². The topological polar surface area (TPSA) is 60.3 Å². The summed E-state index contributed by atoms with van der Waals surface area (Å²) in [6, 6.07) is 15.7. The van der Waals surface area contributed by atoms with Gasteiger partial charge in [-0.3, -0.25) is 9.36 Å². The number of benzene rings is 2. The van der Waals surface area contributed by atoms with Crippen molar-refractivity contribution in [2.45, 2.75) is 12.1 Å². The number of carbonyl (C=O) groups excluding carboxylic acids is 1. The van der Waals surface area contributed by atoms with E-state index in [0.717, 1.165) is 22.6 Å². The highest BCUT2D eigenvalue weighted by Gasteiger charge is 2.20. The first-order valence-electron chi connectivity index (χ1n) is 9.87. The molecule has 2 aromatic carbocycles. The number of hydrogen-bond donors (Lipinski definition) is 0. The fraction of sp³-hybridized carbons (Fsp3) is 0.208. The average Bonchev–Trinajstić information content (AvgIpc) is 3.21. The van der Waals surface area contributed by atoms with Gasteiger partial charge in [0, 0.05) is 18.7 Å². The Morgan fingerprint density at radius 3 is 2.39 bits per heavy atom. The SMILES string of the molecule is C=CCN(CC=C)C(=O)CSc1nnc(-c2ccc(OC)cc2)n1-c1ccccc1C. The Bertz CT molecular complexity index is 1050. The lowest BCUT2D eigenvalue weighted by Gasteiger charge is -2.19. The lowest BCUT2D eigenvalue weighted by Crippen LogP contribution is -2.32. The number of amides is 1. The molecule has 0 saturated heterocycles. The van der Waals surface area contributed by atoms with Crippen molar-refractivity contribution in [2.24, 2.45) is 0 Å². The van der Waals surface area contributed by atoms with Crippen molar-refractivity contribution in [1.29, 1.82) is 0 Å². The summed E-state index contributed by atoms with van der Waals surface area (Å²) < 4.78 is 7.27. The van der Waals surface area contributed by atoms with Crippen molar-refractivity contribution in [1.82, 2.24) is 19.7 Å². The second-order valence-corrected chi connectivity index (χ2v) is 7.76. The van der Waals surface area contributed by atoms with Gasteiger partial charge in [0.2, 0.25) is 5.91 Å². The van der Waals surface area contributed by atoms with Crippen molar-refractivity contribution in [3.8, 4) is 22.8 Å². The third-order valence-electron chi connectivity index (χ3n) is 4.71. The van der Waals surface area contributed by atoms with Crippen LogP contribution >= 0.6 is 11.8 Å². The Labute approximate surface area is 187 Å². The van der Waals surface area contributed by atoms with Crippen LogP contribution in [0.15, 0.2) is 79.0 Å². The van der Waals surface area contributed by atoms with Gasteiger partial charge in [0.1, 0.15) is 5.75 Å². The van der Waals surface area contributed by atoms with Gasteiger partial charge in [0.25, 0.3) is 0 Å². The summed E-state index contributed by atoms with van der Waals surface area (Å²) in [5, 5.41) is 9.52. The molecule has 1 amide bonds. The maximum atomic E-state index is 12.7. The quantitative estimate of drug-likeness (QED) is 0.346. The van der Waals surface area contributed by atoms with Crippen molar-refractivity contribution in [3.63, 3.8) is 0 Å². The van der Waals surface area contributed by atoms with Crippen LogP contribution in [0, 0.1) is 6.92 Å². The fourth-order valence-electron chi connectivity index (χ4n) is 3.13. The molecule has 0 saturated carbocycles. The molecule has 0 bridgehead atoms. The van der Waals surface area contributed by atoms with E-state index in [-0.39, 0.29) is 11.7 Å².